The second-order valence-electron chi connectivity index (χ2n) is 5.60. The Balaban J connectivity index is 1.83. The molecule has 2 heterocycles. The highest BCUT2D eigenvalue weighted by Gasteiger charge is 2.16. The number of piperidine rings is 1. The maximum absolute atomic E-state index is 10.1. The van der Waals surface area contributed by atoms with E-state index in [9.17, 15) is 5.11 Å². The number of nitrogens with one attached hydrogen (secondary N) is 2. The molecule has 0 saturated carbocycles. The van der Waals surface area contributed by atoms with E-state index in [2.05, 4.69) is 25.8 Å². The SMILES string of the molecule is Cc1nc(NC2CCCNC2)nnc1-c1ccc(C#N)cc1O. The third kappa shape index (κ3) is 3.38. The summed E-state index contributed by atoms with van der Waals surface area (Å²) in [6, 6.07) is 7.00. The molecule has 1 aromatic carbocycles. The van der Waals surface area contributed by atoms with Gasteiger partial charge < -0.3 is 15.7 Å². The van der Waals surface area contributed by atoms with Crippen LogP contribution in [0.5, 0.6) is 5.75 Å². The maximum Gasteiger partial charge on any atom is 0.243 e. The highest BCUT2D eigenvalue weighted by Crippen LogP contribution is 2.29. The topological polar surface area (TPSA) is 107 Å². The van der Waals surface area contributed by atoms with Gasteiger partial charge in [-0.25, -0.2) is 4.98 Å². The molecule has 7 heteroatoms. The molecule has 0 radical (unpaired) electrons. The van der Waals surface area contributed by atoms with Gasteiger partial charge in [0.15, 0.2) is 0 Å². The molecular weight excluding hydrogens is 292 g/mol. The van der Waals surface area contributed by atoms with Crippen LogP contribution in [0.2, 0.25) is 0 Å². The average Bonchev–Trinajstić information content (AvgIpc) is 2.56. The molecule has 23 heavy (non-hydrogen) atoms. The van der Waals surface area contributed by atoms with Crippen LogP contribution in [-0.2, 0) is 0 Å². The first kappa shape index (κ1) is 15.2. The van der Waals surface area contributed by atoms with Crippen molar-refractivity contribution in [1.29, 1.82) is 5.26 Å². The van der Waals surface area contributed by atoms with Gasteiger partial charge in [0.25, 0.3) is 0 Å². The molecule has 1 saturated heterocycles. The number of rotatable bonds is 3. The molecule has 118 valence electrons. The molecule has 0 spiro atoms. The number of anilines is 1. The van der Waals surface area contributed by atoms with Crippen LogP contribution < -0.4 is 10.6 Å². The van der Waals surface area contributed by atoms with Gasteiger partial charge in [0.05, 0.1) is 17.3 Å². The number of aromatic hydroxyl groups is 1. The van der Waals surface area contributed by atoms with Crippen LogP contribution in [0.15, 0.2) is 18.2 Å². The third-order valence-corrected chi connectivity index (χ3v) is 3.87. The van der Waals surface area contributed by atoms with Crippen molar-refractivity contribution in [3.8, 4) is 23.1 Å². The van der Waals surface area contributed by atoms with Crippen molar-refractivity contribution in [1.82, 2.24) is 20.5 Å². The van der Waals surface area contributed by atoms with Gasteiger partial charge in [-0.3, -0.25) is 0 Å². The number of hydrogen-bond acceptors (Lipinski definition) is 7. The second kappa shape index (κ2) is 6.58. The molecule has 1 aliphatic rings. The van der Waals surface area contributed by atoms with Crippen molar-refractivity contribution in [3.63, 3.8) is 0 Å². The van der Waals surface area contributed by atoms with E-state index in [1.807, 2.05) is 13.0 Å². The molecule has 0 bridgehead atoms. The van der Waals surface area contributed by atoms with Gasteiger partial charge in [0.2, 0.25) is 5.95 Å². The van der Waals surface area contributed by atoms with Crippen LogP contribution >= 0.6 is 0 Å². The molecule has 3 rings (SSSR count). The predicted octanol–water partition coefficient (Wildman–Crippen LogP) is 1.59. The molecule has 1 fully saturated rings. The minimum absolute atomic E-state index is 0.000407. The zero-order valence-electron chi connectivity index (χ0n) is 12.9. The standard InChI is InChI=1S/C16H18N6O/c1-10-15(13-5-4-11(8-17)7-14(13)23)21-22-16(19-10)20-12-3-2-6-18-9-12/h4-5,7,12,18,23H,2-3,6,9H2,1H3,(H,19,20,22). The van der Waals surface area contributed by atoms with Gasteiger partial charge >= 0.3 is 0 Å². The number of aromatic nitrogens is 3. The van der Waals surface area contributed by atoms with Crippen molar-refractivity contribution in [2.75, 3.05) is 18.4 Å². The molecule has 2 aromatic rings. The van der Waals surface area contributed by atoms with Crippen LogP contribution in [0.4, 0.5) is 5.95 Å². The lowest BCUT2D eigenvalue weighted by atomic mass is 10.1. The summed E-state index contributed by atoms with van der Waals surface area (Å²) < 4.78 is 0. The lowest BCUT2D eigenvalue weighted by molar-refractivity contribution is 0.476. The van der Waals surface area contributed by atoms with E-state index in [4.69, 9.17) is 5.26 Å². The fourth-order valence-corrected chi connectivity index (χ4v) is 2.67. The van der Waals surface area contributed by atoms with Gasteiger partial charge in [0, 0.05) is 18.2 Å². The lowest BCUT2D eigenvalue weighted by Crippen LogP contribution is -2.38. The smallest absolute Gasteiger partial charge is 0.243 e. The summed E-state index contributed by atoms with van der Waals surface area (Å²) in [6.45, 7) is 3.76. The van der Waals surface area contributed by atoms with Crippen molar-refractivity contribution in [2.45, 2.75) is 25.8 Å². The number of nitriles is 1. The second-order valence-corrected chi connectivity index (χ2v) is 5.60. The summed E-state index contributed by atoms with van der Waals surface area (Å²) in [7, 11) is 0. The van der Waals surface area contributed by atoms with Crippen LogP contribution in [0.1, 0.15) is 24.1 Å². The summed E-state index contributed by atoms with van der Waals surface area (Å²) in [4.78, 5) is 4.44. The number of phenols is 1. The summed E-state index contributed by atoms with van der Waals surface area (Å²) >= 11 is 0. The highest BCUT2D eigenvalue weighted by atomic mass is 16.3. The lowest BCUT2D eigenvalue weighted by Gasteiger charge is -2.23. The van der Waals surface area contributed by atoms with Crippen molar-refractivity contribution >= 4 is 5.95 Å². The summed E-state index contributed by atoms with van der Waals surface area (Å²) in [5.74, 6) is 0.494. The Kier molecular flexibility index (Phi) is 4.35. The van der Waals surface area contributed by atoms with E-state index >= 15 is 0 Å². The van der Waals surface area contributed by atoms with Crippen molar-refractivity contribution in [2.24, 2.45) is 0 Å². The van der Waals surface area contributed by atoms with E-state index < -0.39 is 0 Å². The highest BCUT2D eigenvalue weighted by molar-refractivity contribution is 5.69. The Bertz CT molecular complexity index is 749. The number of phenolic OH excluding ortho intramolecular Hbond substituents is 1. The van der Waals surface area contributed by atoms with Crippen molar-refractivity contribution in [3.05, 3.63) is 29.5 Å². The molecule has 1 atom stereocenters. The zero-order chi connectivity index (χ0) is 16.2. The summed E-state index contributed by atoms with van der Waals surface area (Å²) in [6.07, 6.45) is 2.20. The number of nitrogens with zero attached hydrogens (tertiary/aromatic N) is 4. The average molecular weight is 310 g/mol. The van der Waals surface area contributed by atoms with E-state index in [1.165, 1.54) is 6.07 Å². The molecule has 1 aliphatic heterocycles. The van der Waals surface area contributed by atoms with Crippen LogP contribution in [0.3, 0.4) is 0 Å². The maximum atomic E-state index is 10.1. The minimum Gasteiger partial charge on any atom is -0.507 e. The largest absolute Gasteiger partial charge is 0.507 e. The molecule has 0 amide bonds. The van der Waals surface area contributed by atoms with Crippen molar-refractivity contribution < 1.29 is 5.11 Å². The van der Waals surface area contributed by atoms with Crippen LogP contribution in [0.25, 0.3) is 11.3 Å². The van der Waals surface area contributed by atoms with E-state index in [0.717, 1.165) is 25.9 Å². The van der Waals surface area contributed by atoms with Gasteiger partial charge in [-0.2, -0.15) is 5.26 Å². The fraction of sp³-hybridized carbons (Fsp3) is 0.375. The monoisotopic (exact) mass is 310 g/mol. The Morgan fingerprint density at radius 2 is 2.26 bits per heavy atom. The molecule has 7 nitrogen and oxygen atoms in total. The number of aryl methyl sites for hydroxylation is 1. The Hall–Kier alpha value is -2.72. The van der Waals surface area contributed by atoms with E-state index in [0.29, 0.717) is 34.5 Å². The fourth-order valence-electron chi connectivity index (χ4n) is 2.67. The van der Waals surface area contributed by atoms with Gasteiger partial charge in [0.1, 0.15) is 11.4 Å². The normalized spacial score (nSPS) is 17.5. The summed E-state index contributed by atoms with van der Waals surface area (Å²) in [5, 5.41) is 33.8. The quantitative estimate of drug-likeness (QED) is 0.790. The number of hydrogen-bond donors (Lipinski definition) is 3. The number of benzene rings is 1. The Morgan fingerprint density at radius 1 is 1.39 bits per heavy atom. The summed E-state index contributed by atoms with van der Waals surface area (Å²) in [5.41, 5.74) is 2.10. The molecule has 3 N–H and O–H groups in total. The molecule has 1 aromatic heterocycles. The van der Waals surface area contributed by atoms with Gasteiger partial charge in [-0.1, -0.05) is 0 Å². The van der Waals surface area contributed by atoms with E-state index in [1.54, 1.807) is 12.1 Å². The Labute approximate surface area is 134 Å². The first-order valence-corrected chi connectivity index (χ1v) is 7.59. The van der Waals surface area contributed by atoms with Crippen LogP contribution in [0, 0.1) is 18.3 Å². The predicted molar refractivity (Wildman–Crippen MR) is 85.9 cm³/mol. The Morgan fingerprint density at radius 3 is 2.91 bits per heavy atom. The third-order valence-electron chi connectivity index (χ3n) is 3.87. The molecule has 0 aliphatic carbocycles. The van der Waals surface area contributed by atoms with Gasteiger partial charge in [-0.15, -0.1) is 10.2 Å². The first-order valence-electron chi connectivity index (χ1n) is 7.59. The van der Waals surface area contributed by atoms with E-state index in [-0.39, 0.29) is 5.75 Å². The molecular formula is C16H18N6O. The van der Waals surface area contributed by atoms with Crippen LogP contribution in [-0.4, -0.2) is 39.4 Å². The minimum atomic E-state index is 0.000407. The molecule has 1 unspecified atom stereocenters. The zero-order valence-corrected chi connectivity index (χ0v) is 12.9. The van der Waals surface area contributed by atoms with Gasteiger partial charge in [-0.05, 0) is 44.5 Å². The first-order chi connectivity index (χ1) is 11.2.